The van der Waals surface area contributed by atoms with E-state index in [0.29, 0.717) is 24.0 Å². The fourth-order valence-electron chi connectivity index (χ4n) is 3.39. The molecule has 1 aromatic carbocycles. The van der Waals surface area contributed by atoms with Crippen LogP contribution < -0.4 is 5.56 Å². The van der Waals surface area contributed by atoms with Crippen LogP contribution in [0, 0.1) is 20.8 Å². The second kappa shape index (κ2) is 8.16. The Kier molecular flexibility index (Phi) is 5.69. The van der Waals surface area contributed by atoms with E-state index in [-0.39, 0.29) is 11.3 Å². The van der Waals surface area contributed by atoms with E-state index < -0.39 is 0 Å². The predicted molar refractivity (Wildman–Crippen MR) is 106 cm³/mol. The first-order valence-corrected chi connectivity index (χ1v) is 9.24. The monoisotopic (exact) mass is 363 g/mol. The molecule has 3 rings (SSSR count). The molecule has 1 N–H and O–H groups in total. The Labute approximate surface area is 159 Å². The molecular weight excluding hydrogens is 338 g/mol. The van der Waals surface area contributed by atoms with Gasteiger partial charge in [0.1, 0.15) is 0 Å². The highest BCUT2D eigenvalue weighted by Crippen LogP contribution is 2.14. The largest absolute Gasteiger partial charge is 0.326 e. The number of ketones is 1. The van der Waals surface area contributed by atoms with Gasteiger partial charge in [-0.05, 0) is 50.8 Å². The lowest BCUT2D eigenvalue weighted by Gasteiger charge is -2.07. The molecule has 0 fully saturated rings. The fourth-order valence-corrected chi connectivity index (χ4v) is 3.39. The molecular formula is C22H25N3O2. The normalized spacial score (nSPS) is 10.9. The van der Waals surface area contributed by atoms with Gasteiger partial charge < -0.3 is 4.98 Å². The Balaban J connectivity index is 1.66. The van der Waals surface area contributed by atoms with Crippen LogP contribution in [0.2, 0.25) is 0 Å². The predicted octanol–water partition coefficient (Wildman–Crippen LogP) is 3.55. The fraction of sp³-hybridized carbons (Fsp3) is 0.318. The van der Waals surface area contributed by atoms with Gasteiger partial charge in [0.15, 0.2) is 5.78 Å². The Hall–Kier alpha value is -2.95. The summed E-state index contributed by atoms with van der Waals surface area (Å²) in [4.78, 5) is 27.6. The van der Waals surface area contributed by atoms with E-state index in [9.17, 15) is 9.59 Å². The zero-order chi connectivity index (χ0) is 19.4. The average molecular weight is 363 g/mol. The Bertz CT molecular complexity index is 1000. The molecule has 0 aliphatic heterocycles. The first kappa shape index (κ1) is 18.8. The van der Waals surface area contributed by atoms with E-state index in [1.165, 1.54) is 5.56 Å². The van der Waals surface area contributed by atoms with Crippen molar-refractivity contribution in [3.63, 3.8) is 0 Å². The van der Waals surface area contributed by atoms with Crippen molar-refractivity contribution in [3.05, 3.63) is 86.6 Å². The molecule has 0 bridgehead atoms. The number of Topliss-reactive ketones (excluding diaryl/α,β-unsaturated/α-hetero) is 1. The summed E-state index contributed by atoms with van der Waals surface area (Å²) in [6.45, 7) is 6.43. The van der Waals surface area contributed by atoms with Crippen molar-refractivity contribution in [1.82, 2.24) is 14.8 Å². The van der Waals surface area contributed by atoms with E-state index in [1.807, 2.05) is 49.7 Å². The van der Waals surface area contributed by atoms with Gasteiger partial charge in [0.05, 0.1) is 11.8 Å². The maximum Gasteiger partial charge on any atom is 0.251 e. The van der Waals surface area contributed by atoms with Crippen LogP contribution in [-0.2, 0) is 19.4 Å². The van der Waals surface area contributed by atoms with Crippen molar-refractivity contribution < 1.29 is 4.79 Å². The van der Waals surface area contributed by atoms with Crippen LogP contribution in [0.15, 0.2) is 47.4 Å². The molecule has 2 aromatic heterocycles. The number of nitrogens with one attached hydrogen (secondary N) is 1. The molecule has 3 aromatic rings. The number of carbonyl (C=O) groups is 1. The summed E-state index contributed by atoms with van der Waals surface area (Å²) in [6, 6.07) is 12.2. The van der Waals surface area contributed by atoms with Gasteiger partial charge in [-0.1, -0.05) is 30.3 Å². The Morgan fingerprint density at radius 3 is 2.56 bits per heavy atom. The number of pyridine rings is 1. The number of hydrogen-bond acceptors (Lipinski definition) is 3. The van der Waals surface area contributed by atoms with Gasteiger partial charge in [0, 0.05) is 29.9 Å². The zero-order valence-electron chi connectivity index (χ0n) is 16.1. The van der Waals surface area contributed by atoms with Crippen LogP contribution in [0.3, 0.4) is 0 Å². The van der Waals surface area contributed by atoms with E-state index in [2.05, 4.69) is 22.2 Å². The number of aromatic nitrogens is 3. The highest BCUT2D eigenvalue weighted by atomic mass is 16.1. The number of rotatable bonds is 7. The van der Waals surface area contributed by atoms with Crippen molar-refractivity contribution in [2.45, 2.75) is 46.6 Å². The third-order valence-corrected chi connectivity index (χ3v) is 4.95. The minimum Gasteiger partial charge on any atom is -0.326 e. The molecule has 27 heavy (non-hydrogen) atoms. The van der Waals surface area contributed by atoms with Gasteiger partial charge in [0.25, 0.3) is 5.56 Å². The molecule has 0 saturated carbocycles. The molecule has 0 saturated heterocycles. The zero-order valence-corrected chi connectivity index (χ0v) is 16.1. The van der Waals surface area contributed by atoms with Crippen molar-refractivity contribution in [1.29, 1.82) is 0 Å². The number of H-pyrrole nitrogens is 1. The van der Waals surface area contributed by atoms with Crippen LogP contribution >= 0.6 is 0 Å². The summed E-state index contributed by atoms with van der Waals surface area (Å²) in [5.41, 5.74) is 5.12. The lowest BCUT2D eigenvalue weighted by molar-refractivity contribution is 0.0982. The summed E-state index contributed by atoms with van der Waals surface area (Å²) < 4.78 is 1.88. The summed E-state index contributed by atoms with van der Waals surface area (Å²) in [6.07, 6.45) is 3.26. The Morgan fingerprint density at radius 2 is 1.85 bits per heavy atom. The van der Waals surface area contributed by atoms with E-state index in [0.717, 1.165) is 29.9 Å². The summed E-state index contributed by atoms with van der Waals surface area (Å²) >= 11 is 0. The molecule has 5 nitrogen and oxygen atoms in total. The SMILES string of the molecule is Cc1cc(C)c(CCC(=O)c2cnn(CCc3ccccc3)c2C)c(=O)[nH]1. The first-order chi connectivity index (χ1) is 13.0. The number of benzene rings is 1. The highest BCUT2D eigenvalue weighted by molar-refractivity contribution is 5.97. The second-order valence-electron chi connectivity index (χ2n) is 6.97. The maximum atomic E-state index is 12.7. The van der Waals surface area contributed by atoms with Crippen LogP contribution in [0.5, 0.6) is 0 Å². The van der Waals surface area contributed by atoms with Gasteiger partial charge in [-0.2, -0.15) is 5.10 Å². The van der Waals surface area contributed by atoms with E-state index in [4.69, 9.17) is 0 Å². The third kappa shape index (κ3) is 4.42. The van der Waals surface area contributed by atoms with Crippen LogP contribution in [0.1, 0.15) is 44.9 Å². The van der Waals surface area contributed by atoms with Crippen molar-refractivity contribution >= 4 is 5.78 Å². The van der Waals surface area contributed by atoms with Gasteiger partial charge in [-0.15, -0.1) is 0 Å². The molecule has 0 aliphatic rings. The molecule has 0 spiro atoms. The van der Waals surface area contributed by atoms with Crippen LogP contribution in [0.25, 0.3) is 0 Å². The number of hydrogen-bond donors (Lipinski definition) is 1. The number of nitrogens with zero attached hydrogens (tertiary/aromatic N) is 2. The molecule has 140 valence electrons. The first-order valence-electron chi connectivity index (χ1n) is 9.24. The third-order valence-electron chi connectivity index (χ3n) is 4.95. The molecule has 0 unspecified atom stereocenters. The van der Waals surface area contributed by atoms with Gasteiger partial charge in [0.2, 0.25) is 0 Å². The summed E-state index contributed by atoms with van der Waals surface area (Å²) in [5, 5.41) is 4.38. The summed E-state index contributed by atoms with van der Waals surface area (Å²) in [7, 11) is 0. The van der Waals surface area contributed by atoms with Gasteiger partial charge in [-0.3, -0.25) is 14.3 Å². The lowest BCUT2D eigenvalue weighted by Crippen LogP contribution is -2.17. The Morgan fingerprint density at radius 1 is 1.11 bits per heavy atom. The maximum absolute atomic E-state index is 12.7. The average Bonchev–Trinajstić information content (AvgIpc) is 3.00. The molecule has 0 atom stereocenters. The van der Waals surface area contributed by atoms with Crippen molar-refractivity contribution in [2.24, 2.45) is 0 Å². The van der Waals surface area contributed by atoms with Crippen molar-refractivity contribution in [2.75, 3.05) is 0 Å². The van der Waals surface area contributed by atoms with Gasteiger partial charge in [-0.25, -0.2) is 0 Å². The van der Waals surface area contributed by atoms with Crippen molar-refractivity contribution in [3.8, 4) is 0 Å². The minimum atomic E-state index is -0.101. The quantitative estimate of drug-likeness (QED) is 0.653. The number of aryl methyl sites for hydroxylation is 4. The smallest absolute Gasteiger partial charge is 0.251 e. The van der Waals surface area contributed by atoms with E-state index in [1.54, 1.807) is 6.20 Å². The van der Waals surface area contributed by atoms with Gasteiger partial charge >= 0.3 is 0 Å². The molecule has 0 aliphatic carbocycles. The van der Waals surface area contributed by atoms with Crippen LogP contribution in [0.4, 0.5) is 0 Å². The standard InChI is InChI=1S/C22H25N3O2/c1-15-13-16(2)24-22(27)19(15)9-10-21(26)20-14-23-25(17(20)3)12-11-18-7-5-4-6-8-18/h4-8,13-14H,9-12H2,1-3H3,(H,24,27). The van der Waals surface area contributed by atoms with Crippen LogP contribution in [-0.4, -0.2) is 20.5 Å². The molecule has 0 radical (unpaired) electrons. The molecule has 0 amide bonds. The second-order valence-corrected chi connectivity index (χ2v) is 6.97. The summed E-state index contributed by atoms with van der Waals surface area (Å²) in [5.74, 6) is 0.0258. The molecule has 2 heterocycles. The topological polar surface area (TPSA) is 67.8 Å². The molecule has 5 heteroatoms. The number of aromatic amines is 1. The lowest BCUT2D eigenvalue weighted by atomic mass is 10.0. The minimum absolute atomic E-state index is 0.0258. The van der Waals surface area contributed by atoms with E-state index >= 15 is 0 Å². The highest BCUT2D eigenvalue weighted by Gasteiger charge is 2.15. The number of carbonyl (C=O) groups excluding carboxylic acids is 1.